The molecule has 0 spiro atoms. The van der Waals surface area contributed by atoms with Gasteiger partial charge in [0.15, 0.2) is 8.07 Å². The molecule has 1 aliphatic carbocycles. The van der Waals surface area contributed by atoms with Gasteiger partial charge < -0.3 is 4.57 Å². The van der Waals surface area contributed by atoms with Crippen LogP contribution in [0.1, 0.15) is 17.7 Å². The molecule has 2 aromatic heterocycles. The van der Waals surface area contributed by atoms with Gasteiger partial charge in [-0.1, -0.05) is 164 Å². The predicted molar refractivity (Wildman–Crippen MR) is 223 cm³/mol. The summed E-state index contributed by atoms with van der Waals surface area (Å²) < 4.78 is 5.22. The van der Waals surface area contributed by atoms with Gasteiger partial charge in [-0.15, -0.1) is 11.3 Å². The second-order valence-corrected chi connectivity index (χ2v) is 18.4. The Morgan fingerprint density at radius 3 is 1.94 bits per heavy atom. The van der Waals surface area contributed by atoms with Crippen molar-refractivity contribution in [1.82, 2.24) is 4.57 Å². The Hall–Kier alpha value is -5.74. The van der Waals surface area contributed by atoms with Crippen molar-refractivity contribution in [1.29, 1.82) is 0 Å². The molecule has 0 saturated carbocycles. The number of hydrogen-bond donors (Lipinski definition) is 0. The molecule has 0 saturated heterocycles. The van der Waals surface area contributed by atoms with Crippen LogP contribution in [-0.2, 0) is 6.42 Å². The molecule has 0 N–H and O–H groups in total. The molecule has 1 nitrogen and oxygen atoms in total. The molecule has 10 rings (SSSR count). The summed E-state index contributed by atoms with van der Waals surface area (Å²) in [6.45, 7) is 0. The van der Waals surface area contributed by atoms with Gasteiger partial charge in [-0.05, 0) is 69.0 Å². The Morgan fingerprint density at radius 2 is 1.14 bits per heavy atom. The normalized spacial score (nSPS) is 12.9. The molecule has 51 heavy (non-hydrogen) atoms. The number of benzene rings is 7. The van der Waals surface area contributed by atoms with E-state index in [1.807, 2.05) is 11.3 Å². The molecule has 0 aliphatic heterocycles. The van der Waals surface area contributed by atoms with Gasteiger partial charge in [0, 0.05) is 42.5 Å². The molecule has 2 heterocycles. The number of allylic oxidation sites excluding steroid dienone is 1. The summed E-state index contributed by atoms with van der Waals surface area (Å²) in [5.74, 6) is 0. The first-order valence-corrected chi connectivity index (χ1v) is 20.6. The lowest BCUT2D eigenvalue weighted by Crippen LogP contribution is -2.74. The average molecular weight is 686 g/mol. The van der Waals surface area contributed by atoms with Crippen molar-refractivity contribution in [3.05, 3.63) is 193 Å². The molecule has 0 unspecified atom stereocenters. The minimum Gasteiger partial charge on any atom is -0.313 e. The standard InChI is InChI=1S/C48H35NSSi/c1-3-18-36(19-4-1)51(37-20-5-2-6-21-37,38-22-13-16-34(32-38)40-27-15-28-44-43-26-9-12-31-47(43)50-48(40)44)39-23-14-17-35(33-39)49-45-29-10-7-24-41(45)42-25-8-11-30-46(42)49/h1-10,12-29,31-33H,11,30H2. The molecule has 1 aliphatic rings. The van der Waals surface area contributed by atoms with E-state index in [0.717, 1.165) is 12.8 Å². The summed E-state index contributed by atoms with van der Waals surface area (Å²) in [7, 11) is -2.83. The predicted octanol–water partition coefficient (Wildman–Crippen LogP) is 10.0. The van der Waals surface area contributed by atoms with E-state index in [-0.39, 0.29) is 0 Å². The van der Waals surface area contributed by atoms with Gasteiger partial charge in [0.1, 0.15) is 0 Å². The van der Waals surface area contributed by atoms with Gasteiger partial charge in [0.05, 0.1) is 5.52 Å². The molecule has 0 amide bonds. The van der Waals surface area contributed by atoms with Gasteiger partial charge in [0.25, 0.3) is 0 Å². The number of para-hydroxylation sites is 1. The van der Waals surface area contributed by atoms with Crippen LogP contribution in [0.25, 0.3) is 54.0 Å². The minimum absolute atomic E-state index is 1.04. The van der Waals surface area contributed by atoms with Crippen LogP contribution in [0.2, 0.25) is 0 Å². The Balaban J connectivity index is 1.25. The summed E-state index contributed by atoms with van der Waals surface area (Å²) >= 11 is 1.90. The Kier molecular flexibility index (Phi) is 7.23. The first-order chi connectivity index (χ1) is 25.3. The van der Waals surface area contributed by atoms with Crippen molar-refractivity contribution in [3.63, 3.8) is 0 Å². The van der Waals surface area contributed by atoms with Crippen LogP contribution in [0.5, 0.6) is 0 Å². The van der Waals surface area contributed by atoms with E-state index in [2.05, 4.69) is 193 Å². The van der Waals surface area contributed by atoms with E-state index in [0.29, 0.717) is 0 Å². The number of aromatic nitrogens is 1. The van der Waals surface area contributed by atoms with Crippen molar-refractivity contribution in [2.75, 3.05) is 0 Å². The van der Waals surface area contributed by atoms with Crippen LogP contribution >= 0.6 is 11.3 Å². The number of thiophene rings is 1. The van der Waals surface area contributed by atoms with Crippen LogP contribution in [0.3, 0.4) is 0 Å². The van der Waals surface area contributed by atoms with Crippen molar-refractivity contribution in [3.8, 4) is 16.8 Å². The number of hydrogen-bond acceptors (Lipinski definition) is 1. The highest BCUT2D eigenvalue weighted by atomic mass is 32.1. The van der Waals surface area contributed by atoms with Gasteiger partial charge in [-0.2, -0.15) is 0 Å². The zero-order chi connectivity index (χ0) is 33.8. The van der Waals surface area contributed by atoms with E-state index < -0.39 is 8.07 Å². The van der Waals surface area contributed by atoms with Crippen molar-refractivity contribution >= 4 is 77.3 Å². The van der Waals surface area contributed by atoms with Crippen LogP contribution in [0.15, 0.2) is 182 Å². The lowest BCUT2D eigenvalue weighted by atomic mass is 10.0. The molecule has 242 valence electrons. The molecular weight excluding hydrogens is 651 g/mol. The summed E-state index contributed by atoms with van der Waals surface area (Å²) in [6, 6.07) is 66.1. The largest absolute Gasteiger partial charge is 0.313 e. The monoisotopic (exact) mass is 685 g/mol. The fourth-order valence-corrected chi connectivity index (χ4v) is 14.7. The molecule has 0 fully saturated rings. The molecule has 7 aromatic carbocycles. The number of fused-ring (bicyclic) bond motifs is 6. The summed E-state index contributed by atoms with van der Waals surface area (Å²) in [6.07, 6.45) is 6.76. The van der Waals surface area contributed by atoms with E-state index in [4.69, 9.17) is 0 Å². The van der Waals surface area contributed by atoms with E-state index in [1.54, 1.807) is 0 Å². The van der Waals surface area contributed by atoms with Crippen molar-refractivity contribution in [2.45, 2.75) is 12.8 Å². The quantitative estimate of drug-likeness (QED) is 0.121. The zero-order valence-electron chi connectivity index (χ0n) is 28.2. The number of nitrogens with zero attached hydrogens (tertiary/aromatic N) is 1. The summed E-state index contributed by atoms with van der Waals surface area (Å²) in [5.41, 5.74) is 7.83. The first kappa shape index (κ1) is 30.1. The highest BCUT2D eigenvalue weighted by molar-refractivity contribution is 7.26. The minimum atomic E-state index is -2.83. The molecular formula is C48H35NSSi. The summed E-state index contributed by atoms with van der Waals surface area (Å²) in [4.78, 5) is 0. The smallest absolute Gasteiger partial charge is 0.179 e. The maximum Gasteiger partial charge on any atom is 0.179 e. The van der Waals surface area contributed by atoms with Gasteiger partial charge in [0.2, 0.25) is 0 Å². The van der Waals surface area contributed by atoms with Crippen LogP contribution in [-0.4, -0.2) is 12.6 Å². The SMILES string of the molecule is C1=Cc2c(n(-c3cccc([Si](c4ccccc4)(c4ccccc4)c4cccc(-c5cccc6c5sc5ccccc56)c4)c3)c3ccccc23)CC1. The highest BCUT2D eigenvalue weighted by Crippen LogP contribution is 2.40. The third-order valence-electron chi connectivity index (χ3n) is 10.8. The molecule has 9 aromatic rings. The van der Waals surface area contributed by atoms with Gasteiger partial charge in [-0.25, -0.2) is 0 Å². The van der Waals surface area contributed by atoms with Gasteiger partial charge in [-0.3, -0.25) is 0 Å². The lowest BCUT2D eigenvalue weighted by molar-refractivity contribution is 0.889. The third kappa shape index (κ3) is 4.73. The van der Waals surface area contributed by atoms with Crippen LogP contribution in [0, 0.1) is 0 Å². The van der Waals surface area contributed by atoms with E-state index in [1.165, 1.54) is 79.9 Å². The molecule has 3 heteroatoms. The first-order valence-electron chi connectivity index (χ1n) is 17.8. The second kappa shape index (κ2) is 12.2. The molecule has 0 radical (unpaired) electrons. The van der Waals surface area contributed by atoms with Crippen LogP contribution < -0.4 is 20.7 Å². The maximum absolute atomic E-state index is 2.83. The Morgan fingerprint density at radius 1 is 0.510 bits per heavy atom. The molecule has 0 atom stereocenters. The average Bonchev–Trinajstić information content (AvgIpc) is 3.76. The maximum atomic E-state index is 2.53. The highest BCUT2D eigenvalue weighted by Gasteiger charge is 2.42. The number of rotatable bonds is 6. The third-order valence-corrected chi connectivity index (χ3v) is 16.8. The molecule has 0 bridgehead atoms. The lowest BCUT2D eigenvalue weighted by Gasteiger charge is -2.35. The van der Waals surface area contributed by atoms with E-state index in [9.17, 15) is 0 Å². The second-order valence-electron chi connectivity index (χ2n) is 13.5. The van der Waals surface area contributed by atoms with Crippen molar-refractivity contribution in [2.24, 2.45) is 0 Å². The Labute approximate surface area is 303 Å². The summed E-state index contributed by atoms with van der Waals surface area (Å²) in [5, 5.41) is 9.52. The zero-order valence-corrected chi connectivity index (χ0v) is 30.0. The Bertz CT molecular complexity index is 2710. The van der Waals surface area contributed by atoms with Crippen LogP contribution in [0.4, 0.5) is 0 Å². The fraction of sp³-hybridized carbons (Fsp3) is 0.0417. The van der Waals surface area contributed by atoms with E-state index >= 15 is 0 Å². The van der Waals surface area contributed by atoms with Gasteiger partial charge >= 0.3 is 0 Å². The fourth-order valence-electron chi connectivity index (χ4n) is 8.62. The topological polar surface area (TPSA) is 4.93 Å². The van der Waals surface area contributed by atoms with Crippen molar-refractivity contribution < 1.29 is 0 Å².